The third-order valence-electron chi connectivity index (χ3n) is 3.97. The second-order valence-electron chi connectivity index (χ2n) is 6.13. The van der Waals surface area contributed by atoms with Crippen LogP contribution >= 0.6 is 0 Å². The van der Waals surface area contributed by atoms with Crippen molar-refractivity contribution in [2.75, 3.05) is 13.1 Å². The van der Waals surface area contributed by atoms with E-state index in [2.05, 4.69) is 4.72 Å². The summed E-state index contributed by atoms with van der Waals surface area (Å²) in [5.74, 6) is -0.497. The number of nitro benzene ring substituents is 1. The van der Waals surface area contributed by atoms with Gasteiger partial charge in [-0.1, -0.05) is 19.9 Å². The standard InChI is InChI=1S/C15H21N3O5S/c1-11(2)14(15(19)17-8-3-4-9-17)16-24(22,23)13-7-5-6-12(10-13)18(20)21/h5-7,10-11,14,16H,3-4,8-9H2,1-2H3/t14-/m1/s1. The number of non-ortho nitro benzene ring substituents is 1. The Labute approximate surface area is 141 Å². The average Bonchev–Trinajstić information content (AvgIpc) is 3.06. The molecule has 132 valence electrons. The highest BCUT2D eigenvalue weighted by Crippen LogP contribution is 2.19. The number of amides is 1. The number of nitrogens with zero attached hydrogens (tertiary/aromatic N) is 2. The van der Waals surface area contributed by atoms with Gasteiger partial charge in [-0.2, -0.15) is 4.72 Å². The number of carbonyl (C=O) groups excluding carboxylic acids is 1. The second-order valence-corrected chi connectivity index (χ2v) is 7.84. The molecule has 1 aliphatic rings. The first kappa shape index (κ1) is 18.3. The van der Waals surface area contributed by atoms with Gasteiger partial charge in [0.2, 0.25) is 15.9 Å². The van der Waals surface area contributed by atoms with E-state index in [0.29, 0.717) is 13.1 Å². The molecular formula is C15H21N3O5S. The zero-order valence-corrected chi connectivity index (χ0v) is 14.5. The summed E-state index contributed by atoms with van der Waals surface area (Å²) in [4.78, 5) is 24.2. The fraction of sp³-hybridized carbons (Fsp3) is 0.533. The van der Waals surface area contributed by atoms with Crippen LogP contribution in [0, 0.1) is 16.0 Å². The number of carbonyl (C=O) groups is 1. The van der Waals surface area contributed by atoms with Gasteiger partial charge in [0.25, 0.3) is 5.69 Å². The average molecular weight is 355 g/mol. The van der Waals surface area contributed by atoms with Gasteiger partial charge in [-0.15, -0.1) is 0 Å². The van der Waals surface area contributed by atoms with Crippen molar-refractivity contribution in [1.29, 1.82) is 0 Å². The lowest BCUT2D eigenvalue weighted by Gasteiger charge is -2.26. The van der Waals surface area contributed by atoms with Crippen molar-refractivity contribution in [1.82, 2.24) is 9.62 Å². The number of hydrogen-bond donors (Lipinski definition) is 1. The zero-order chi connectivity index (χ0) is 17.9. The number of rotatable bonds is 6. The fourth-order valence-corrected chi connectivity index (χ4v) is 3.98. The molecule has 1 saturated heterocycles. The highest BCUT2D eigenvalue weighted by atomic mass is 32.2. The van der Waals surface area contributed by atoms with Gasteiger partial charge in [-0.05, 0) is 24.8 Å². The maximum Gasteiger partial charge on any atom is 0.270 e. The Morgan fingerprint density at radius 1 is 1.29 bits per heavy atom. The van der Waals surface area contributed by atoms with Crippen molar-refractivity contribution in [3.05, 3.63) is 34.4 Å². The second kappa shape index (κ2) is 7.27. The van der Waals surface area contributed by atoms with Crippen molar-refractivity contribution >= 4 is 21.6 Å². The van der Waals surface area contributed by atoms with E-state index in [0.717, 1.165) is 18.9 Å². The molecule has 1 fully saturated rings. The van der Waals surface area contributed by atoms with E-state index in [9.17, 15) is 23.3 Å². The van der Waals surface area contributed by atoms with E-state index in [1.54, 1.807) is 18.7 Å². The van der Waals surface area contributed by atoms with Crippen LogP contribution in [0.15, 0.2) is 29.2 Å². The molecule has 0 spiro atoms. The lowest BCUT2D eigenvalue weighted by atomic mass is 10.0. The first-order valence-electron chi connectivity index (χ1n) is 7.78. The Kier molecular flexibility index (Phi) is 5.55. The van der Waals surface area contributed by atoms with Gasteiger partial charge in [0.1, 0.15) is 6.04 Å². The van der Waals surface area contributed by atoms with Gasteiger partial charge in [0, 0.05) is 25.2 Å². The molecule has 1 amide bonds. The van der Waals surface area contributed by atoms with Crippen LogP contribution in [-0.4, -0.2) is 43.3 Å². The monoisotopic (exact) mass is 355 g/mol. The number of hydrogen-bond acceptors (Lipinski definition) is 5. The summed E-state index contributed by atoms with van der Waals surface area (Å²) in [6, 6.07) is 3.88. The van der Waals surface area contributed by atoms with Crippen LogP contribution in [0.2, 0.25) is 0 Å². The summed E-state index contributed by atoms with van der Waals surface area (Å²) in [6.07, 6.45) is 1.82. The summed E-state index contributed by atoms with van der Waals surface area (Å²) in [5.41, 5.74) is -0.315. The Hall–Kier alpha value is -2.00. The van der Waals surface area contributed by atoms with E-state index in [-0.39, 0.29) is 22.4 Å². The van der Waals surface area contributed by atoms with Crippen LogP contribution in [0.3, 0.4) is 0 Å². The smallest absolute Gasteiger partial charge is 0.270 e. The molecule has 0 bridgehead atoms. The Morgan fingerprint density at radius 2 is 1.92 bits per heavy atom. The predicted octanol–water partition coefficient (Wildman–Crippen LogP) is 1.52. The van der Waals surface area contributed by atoms with Crippen LogP contribution in [0.5, 0.6) is 0 Å². The SMILES string of the molecule is CC(C)[C@@H](NS(=O)(=O)c1cccc([N+](=O)[O-])c1)C(=O)N1CCCC1. The highest BCUT2D eigenvalue weighted by molar-refractivity contribution is 7.89. The lowest BCUT2D eigenvalue weighted by Crippen LogP contribution is -2.50. The predicted molar refractivity (Wildman–Crippen MR) is 87.9 cm³/mol. The minimum absolute atomic E-state index is 0.225. The van der Waals surface area contributed by atoms with E-state index in [1.165, 1.54) is 18.2 Å². The minimum Gasteiger partial charge on any atom is -0.341 e. The third kappa shape index (κ3) is 4.09. The van der Waals surface area contributed by atoms with Gasteiger partial charge < -0.3 is 4.90 Å². The lowest BCUT2D eigenvalue weighted by molar-refractivity contribution is -0.385. The van der Waals surface area contributed by atoms with Gasteiger partial charge in [0.15, 0.2) is 0 Å². The molecule has 0 aliphatic carbocycles. The van der Waals surface area contributed by atoms with Crippen LogP contribution in [-0.2, 0) is 14.8 Å². The number of nitro groups is 1. The molecule has 2 rings (SSSR count). The molecule has 0 radical (unpaired) electrons. The summed E-state index contributed by atoms with van der Waals surface area (Å²) in [5, 5.41) is 10.8. The molecular weight excluding hydrogens is 334 g/mol. The zero-order valence-electron chi connectivity index (χ0n) is 13.6. The van der Waals surface area contributed by atoms with Crippen LogP contribution in [0.4, 0.5) is 5.69 Å². The summed E-state index contributed by atoms with van der Waals surface area (Å²) in [7, 11) is -4.04. The molecule has 1 aromatic carbocycles. The molecule has 8 nitrogen and oxygen atoms in total. The summed E-state index contributed by atoms with van der Waals surface area (Å²) in [6.45, 7) is 4.77. The number of nitrogens with one attached hydrogen (secondary N) is 1. The molecule has 1 aliphatic heterocycles. The van der Waals surface area contributed by atoms with Crippen molar-refractivity contribution < 1.29 is 18.1 Å². The van der Waals surface area contributed by atoms with Gasteiger partial charge >= 0.3 is 0 Å². The Bertz CT molecular complexity index is 726. The molecule has 1 atom stereocenters. The first-order chi connectivity index (χ1) is 11.2. The first-order valence-corrected chi connectivity index (χ1v) is 9.26. The highest BCUT2D eigenvalue weighted by Gasteiger charge is 2.33. The fourth-order valence-electron chi connectivity index (χ4n) is 2.61. The Morgan fingerprint density at radius 3 is 2.46 bits per heavy atom. The van der Waals surface area contributed by atoms with Crippen LogP contribution < -0.4 is 4.72 Å². The molecule has 0 aromatic heterocycles. The molecule has 1 N–H and O–H groups in total. The van der Waals surface area contributed by atoms with E-state index < -0.39 is 21.0 Å². The summed E-state index contributed by atoms with van der Waals surface area (Å²) >= 11 is 0. The quantitative estimate of drug-likeness (QED) is 0.614. The number of likely N-dealkylation sites (tertiary alicyclic amines) is 1. The van der Waals surface area contributed by atoms with Crippen molar-refractivity contribution in [3.8, 4) is 0 Å². The van der Waals surface area contributed by atoms with Crippen molar-refractivity contribution in [3.63, 3.8) is 0 Å². The van der Waals surface area contributed by atoms with Gasteiger partial charge in [0.05, 0.1) is 9.82 Å². The molecule has 1 heterocycles. The molecule has 0 saturated carbocycles. The van der Waals surface area contributed by atoms with Crippen LogP contribution in [0.25, 0.3) is 0 Å². The van der Waals surface area contributed by atoms with E-state index in [4.69, 9.17) is 0 Å². The van der Waals surface area contributed by atoms with Gasteiger partial charge in [-0.25, -0.2) is 8.42 Å². The largest absolute Gasteiger partial charge is 0.341 e. The molecule has 9 heteroatoms. The normalized spacial score (nSPS) is 16.4. The van der Waals surface area contributed by atoms with E-state index in [1.807, 2.05) is 0 Å². The third-order valence-corrected chi connectivity index (χ3v) is 5.41. The molecule has 24 heavy (non-hydrogen) atoms. The maximum absolute atomic E-state index is 12.6. The van der Waals surface area contributed by atoms with Crippen LogP contribution in [0.1, 0.15) is 26.7 Å². The van der Waals surface area contributed by atoms with Crippen molar-refractivity contribution in [2.24, 2.45) is 5.92 Å². The maximum atomic E-state index is 12.6. The molecule has 0 unspecified atom stereocenters. The minimum atomic E-state index is -4.04. The molecule has 1 aromatic rings. The van der Waals surface area contributed by atoms with Gasteiger partial charge in [-0.3, -0.25) is 14.9 Å². The summed E-state index contributed by atoms with van der Waals surface area (Å²) < 4.78 is 27.5. The Balaban J connectivity index is 2.25. The van der Waals surface area contributed by atoms with Crippen molar-refractivity contribution in [2.45, 2.75) is 37.6 Å². The number of sulfonamides is 1. The number of benzene rings is 1. The topological polar surface area (TPSA) is 110 Å². The van der Waals surface area contributed by atoms with E-state index >= 15 is 0 Å².